The molecule has 2 aliphatic heterocycles. The molecule has 0 saturated carbocycles. The number of hydrogen-bond donors (Lipinski definition) is 0. The summed E-state index contributed by atoms with van der Waals surface area (Å²) in [5.41, 5.74) is 1.66. The Hall–Kier alpha value is -1.39. The van der Waals surface area contributed by atoms with Crippen LogP contribution in [0.15, 0.2) is 30.3 Å². The zero-order valence-corrected chi connectivity index (χ0v) is 16.6. The molecule has 1 spiro atoms. The van der Waals surface area contributed by atoms with Crippen molar-refractivity contribution >= 4 is 5.91 Å². The van der Waals surface area contributed by atoms with Crippen LogP contribution in [0, 0.1) is 5.41 Å². The van der Waals surface area contributed by atoms with Crippen LogP contribution in [0.5, 0.6) is 0 Å². The highest BCUT2D eigenvalue weighted by Gasteiger charge is 2.41. The fraction of sp³-hybridized carbons (Fsp3) is 0.682. The van der Waals surface area contributed by atoms with Gasteiger partial charge in [0, 0.05) is 31.5 Å². The highest BCUT2D eigenvalue weighted by molar-refractivity contribution is 5.77. The van der Waals surface area contributed by atoms with E-state index in [0.29, 0.717) is 11.3 Å². The molecule has 2 aliphatic rings. The summed E-state index contributed by atoms with van der Waals surface area (Å²) in [7, 11) is 4.30. The van der Waals surface area contributed by atoms with Gasteiger partial charge in [0.2, 0.25) is 5.91 Å². The minimum atomic E-state index is 0.334. The van der Waals surface area contributed by atoms with Crippen LogP contribution in [0.1, 0.15) is 37.7 Å². The smallest absolute Gasteiger partial charge is 0.222 e. The number of hydrogen-bond acceptors (Lipinski definition) is 3. The normalized spacial score (nSPS) is 24.6. The SMILES string of the molecule is CN(C)CCCN1CCC[C@@]2(CCC(=O)N(CCc3ccccc3)C2)C1. The van der Waals surface area contributed by atoms with Crippen molar-refractivity contribution in [2.24, 2.45) is 5.41 Å². The molecule has 1 aromatic rings. The Balaban J connectivity index is 1.54. The molecule has 4 heteroatoms. The highest BCUT2D eigenvalue weighted by atomic mass is 16.2. The van der Waals surface area contributed by atoms with Crippen molar-refractivity contribution in [1.29, 1.82) is 0 Å². The standard InChI is InChI=1S/C22H35N3O/c1-23(2)14-7-16-24-15-6-12-22(18-24)13-10-21(26)25(19-22)17-11-20-8-4-3-5-9-20/h3-5,8-9H,6-7,10-19H2,1-2H3/t22-/m1/s1. The van der Waals surface area contributed by atoms with Crippen LogP contribution in [-0.4, -0.2) is 74.0 Å². The molecule has 3 rings (SSSR count). The summed E-state index contributed by atoms with van der Waals surface area (Å²) in [4.78, 5) is 19.5. The van der Waals surface area contributed by atoms with Crippen molar-refractivity contribution in [3.8, 4) is 0 Å². The first kappa shape index (κ1) is 19.4. The molecule has 0 aliphatic carbocycles. The van der Waals surface area contributed by atoms with Gasteiger partial charge in [-0.3, -0.25) is 4.79 Å². The monoisotopic (exact) mass is 357 g/mol. The molecular weight excluding hydrogens is 322 g/mol. The van der Waals surface area contributed by atoms with Gasteiger partial charge in [-0.2, -0.15) is 0 Å². The number of benzene rings is 1. The Morgan fingerprint density at radius 1 is 1.08 bits per heavy atom. The molecule has 144 valence electrons. The Morgan fingerprint density at radius 2 is 1.88 bits per heavy atom. The number of amides is 1. The van der Waals surface area contributed by atoms with Crippen molar-refractivity contribution in [3.05, 3.63) is 35.9 Å². The van der Waals surface area contributed by atoms with Crippen molar-refractivity contribution in [1.82, 2.24) is 14.7 Å². The number of carbonyl (C=O) groups excluding carboxylic acids is 1. The van der Waals surface area contributed by atoms with Crippen LogP contribution in [-0.2, 0) is 11.2 Å². The lowest BCUT2D eigenvalue weighted by molar-refractivity contribution is -0.139. The third-order valence-corrected chi connectivity index (χ3v) is 6.08. The van der Waals surface area contributed by atoms with Crippen LogP contribution < -0.4 is 0 Å². The lowest BCUT2D eigenvalue weighted by atomic mass is 9.73. The largest absolute Gasteiger partial charge is 0.342 e. The summed E-state index contributed by atoms with van der Waals surface area (Å²) in [6, 6.07) is 10.6. The first-order chi connectivity index (χ1) is 12.6. The number of carbonyl (C=O) groups is 1. The minimum Gasteiger partial charge on any atom is -0.342 e. The molecule has 0 aromatic heterocycles. The van der Waals surface area contributed by atoms with Gasteiger partial charge in [0.1, 0.15) is 0 Å². The molecule has 0 radical (unpaired) electrons. The average Bonchev–Trinajstić information content (AvgIpc) is 2.64. The third kappa shape index (κ3) is 5.31. The van der Waals surface area contributed by atoms with Gasteiger partial charge in [0.25, 0.3) is 0 Å². The van der Waals surface area contributed by atoms with E-state index in [1.807, 2.05) is 0 Å². The molecule has 1 amide bonds. The maximum absolute atomic E-state index is 12.5. The first-order valence-electron chi connectivity index (χ1n) is 10.3. The quantitative estimate of drug-likeness (QED) is 0.751. The zero-order valence-electron chi connectivity index (χ0n) is 16.6. The van der Waals surface area contributed by atoms with Gasteiger partial charge < -0.3 is 14.7 Å². The second-order valence-corrected chi connectivity index (χ2v) is 8.59. The predicted molar refractivity (Wildman–Crippen MR) is 107 cm³/mol. The van der Waals surface area contributed by atoms with E-state index < -0.39 is 0 Å². The van der Waals surface area contributed by atoms with Gasteiger partial charge >= 0.3 is 0 Å². The van der Waals surface area contributed by atoms with Crippen LogP contribution in [0.25, 0.3) is 0 Å². The van der Waals surface area contributed by atoms with E-state index in [4.69, 9.17) is 0 Å². The van der Waals surface area contributed by atoms with E-state index >= 15 is 0 Å². The first-order valence-corrected chi connectivity index (χ1v) is 10.3. The number of piperidine rings is 2. The lowest BCUT2D eigenvalue weighted by Crippen LogP contribution is -2.54. The highest BCUT2D eigenvalue weighted by Crippen LogP contribution is 2.38. The Labute approximate surface area is 159 Å². The third-order valence-electron chi connectivity index (χ3n) is 6.08. The maximum atomic E-state index is 12.5. The molecule has 2 fully saturated rings. The minimum absolute atomic E-state index is 0.334. The van der Waals surface area contributed by atoms with Gasteiger partial charge in [0.15, 0.2) is 0 Å². The topological polar surface area (TPSA) is 26.8 Å². The summed E-state index contributed by atoms with van der Waals surface area (Å²) in [5.74, 6) is 0.358. The average molecular weight is 358 g/mol. The summed E-state index contributed by atoms with van der Waals surface area (Å²) < 4.78 is 0. The van der Waals surface area contributed by atoms with Crippen LogP contribution in [0.2, 0.25) is 0 Å². The molecule has 2 heterocycles. The summed E-state index contributed by atoms with van der Waals surface area (Å²) in [6.45, 7) is 6.58. The summed E-state index contributed by atoms with van der Waals surface area (Å²) in [6.07, 6.45) is 6.59. The molecule has 1 aromatic carbocycles. The second-order valence-electron chi connectivity index (χ2n) is 8.59. The van der Waals surface area contributed by atoms with E-state index in [2.05, 4.69) is 59.1 Å². The Bertz CT molecular complexity index is 574. The van der Waals surface area contributed by atoms with Crippen molar-refractivity contribution in [2.45, 2.75) is 38.5 Å². The Morgan fingerprint density at radius 3 is 2.65 bits per heavy atom. The lowest BCUT2D eigenvalue weighted by Gasteiger charge is -2.48. The van der Waals surface area contributed by atoms with Crippen LogP contribution >= 0.6 is 0 Å². The second kappa shape index (κ2) is 9.01. The molecule has 2 saturated heterocycles. The molecule has 26 heavy (non-hydrogen) atoms. The van der Waals surface area contributed by atoms with Gasteiger partial charge in [-0.15, -0.1) is 0 Å². The van der Waals surface area contributed by atoms with E-state index in [0.717, 1.165) is 38.9 Å². The predicted octanol–water partition coefficient (Wildman–Crippen LogP) is 2.89. The van der Waals surface area contributed by atoms with Crippen LogP contribution in [0.3, 0.4) is 0 Å². The maximum Gasteiger partial charge on any atom is 0.222 e. The Kier molecular flexibility index (Phi) is 6.71. The molecule has 1 atom stereocenters. The van der Waals surface area contributed by atoms with Crippen LogP contribution in [0.4, 0.5) is 0 Å². The van der Waals surface area contributed by atoms with Gasteiger partial charge in [-0.05, 0) is 71.4 Å². The van der Waals surface area contributed by atoms with Crippen molar-refractivity contribution in [3.63, 3.8) is 0 Å². The fourth-order valence-corrected chi connectivity index (χ4v) is 4.66. The van der Waals surface area contributed by atoms with Gasteiger partial charge in [0.05, 0.1) is 0 Å². The molecule has 0 N–H and O–H groups in total. The molecule has 0 unspecified atom stereocenters. The van der Waals surface area contributed by atoms with Gasteiger partial charge in [-0.1, -0.05) is 30.3 Å². The van der Waals surface area contributed by atoms with E-state index in [1.54, 1.807) is 0 Å². The van der Waals surface area contributed by atoms with Crippen molar-refractivity contribution < 1.29 is 4.79 Å². The number of rotatable bonds is 7. The van der Waals surface area contributed by atoms with E-state index in [-0.39, 0.29) is 0 Å². The molecule has 0 bridgehead atoms. The summed E-state index contributed by atoms with van der Waals surface area (Å²) >= 11 is 0. The van der Waals surface area contributed by atoms with E-state index in [1.165, 1.54) is 44.5 Å². The molecular formula is C22H35N3O. The van der Waals surface area contributed by atoms with E-state index in [9.17, 15) is 4.79 Å². The summed E-state index contributed by atoms with van der Waals surface area (Å²) in [5, 5.41) is 0. The van der Waals surface area contributed by atoms with Crippen molar-refractivity contribution in [2.75, 3.05) is 53.4 Å². The molecule has 4 nitrogen and oxygen atoms in total. The fourth-order valence-electron chi connectivity index (χ4n) is 4.66. The number of likely N-dealkylation sites (tertiary alicyclic amines) is 2. The number of nitrogens with zero attached hydrogens (tertiary/aromatic N) is 3. The van der Waals surface area contributed by atoms with Gasteiger partial charge in [-0.25, -0.2) is 0 Å². The zero-order chi connectivity index (χ0) is 18.4.